The van der Waals surface area contributed by atoms with E-state index < -0.39 is 29.9 Å². The number of hydrogen-bond donors (Lipinski definition) is 3. The number of nitrogens with one attached hydrogen (secondary N) is 2. The van der Waals surface area contributed by atoms with E-state index in [1.165, 1.54) is 14.0 Å². The molecule has 0 fully saturated rings. The summed E-state index contributed by atoms with van der Waals surface area (Å²) in [6.07, 6.45) is -0.0351. The van der Waals surface area contributed by atoms with Gasteiger partial charge in [-0.3, -0.25) is 19.2 Å². The molecule has 0 rings (SSSR count). The van der Waals surface area contributed by atoms with Gasteiger partial charge in [-0.2, -0.15) is 0 Å². The summed E-state index contributed by atoms with van der Waals surface area (Å²) in [5, 5.41) is 4.88. The Labute approximate surface area is 142 Å². The van der Waals surface area contributed by atoms with Gasteiger partial charge in [-0.1, -0.05) is 13.8 Å². The highest BCUT2D eigenvalue weighted by Crippen LogP contribution is 1.98. The minimum absolute atomic E-state index is 0. The highest BCUT2D eigenvalue weighted by Gasteiger charge is 2.22. The highest BCUT2D eigenvalue weighted by atomic mass is 35.5. The summed E-state index contributed by atoms with van der Waals surface area (Å²) >= 11 is 0. The molecule has 0 aliphatic heterocycles. The van der Waals surface area contributed by atoms with Crippen LogP contribution in [0.3, 0.4) is 0 Å². The van der Waals surface area contributed by atoms with Crippen molar-refractivity contribution in [2.45, 2.75) is 45.7 Å². The molecule has 0 aliphatic carbocycles. The number of Topliss-reactive ketones (excluding diaryl/α,β-unsaturated/α-hetero) is 1. The van der Waals surface area contributed by atoms with Crippen LogP contribution in [0.2, 0.25) is 0 Å². The monoisotopic (exact) mass is 351 g/mol. The van der Waals surface area contributed by atoms with Crippen LogP contribution in [-0.4, -0.2) is 49.3 Å². The van der Waals surface area contributed by atoms with E-state index in [2.05, 4.69) is 15.4 Å². The van der Waals surface area contributed by atoms with Crippen LogP contribution in [0.25, 0.3) is 0 Å². The smallest absolute Gasteiger partial charge is 0.305 e. The maximum Gasteiger partial charge on any atom is 0.305 e. The van der Waals surface area contributed by atoms with E-state index in [4.69, 9.17) is 5.73 Å². The second-order valence-electron chi connectivity index (χ2n) is 5.33. The van der Waals surface area contributed by atoms with Crippen LogP contribution in [0.4, 0.5) is 0 Å². The second-order valence-corrected chi connectivity index (χ2v) is 5.33. The van der Waals surface area contributed by atoms with Gasteiger partial charge in [-0.15, -0.1) is 12.4 Å². The molecule has 0 radical (unpaired) electrons. The molecule has 23 heavy (non-hydrogen) atoms. The quantitative estimate of drug-likeness (QED) is 0.482. The molecule has 0 saturated heterocycles. The van der Waals surface area contributed by atoms with Crippen LogP contribution >= 0.6 is 12.4 Å². The van der Waals surface area contributed by atoms with Crippen molar-refractivity contribution in [1.82, 2.24) is 10.6 Å². The summed E-state index contributed by atoms with van der Waals surface area (Å²) in [6, 6.07) is -1.50. The molecule has 0 bridgehead atoms. The molecule has 0 aromatic heterocycles. The van der Waals surface area contributed by atoms with Crippen molar-refractivity contribution in [1.29, 1.82) is 0 Å². The summed E-state index contributed by atoms with van der Waals surface area (Å²) in [7, 11) is 1.24. The first kappa shape index (κ1) is 23.6. The molecule has 9 heteroatoms. The topological polar surface area (TPSA) is 128 Å². The average Bonchev–Trinajstić information content (AvgIpc) is 2.48. The molecule has 134 valence electrons. The summed E-state index contributed by atoms with van der Waals surface area (Å²) in [6.45, 7) is 4.90. The van der Waals surface area contributed by atoms with Crippen LogP contribution in [-0.2, 0) is 23.9 Å². The van der Waals surface area contributed by atoms with Gasteiger partial charge in [0.2, 0.25) is 11.8 Å². The molecule has 2 amide bonds. The van der Waals surface area contributed by atoms with Crippen molar-refractivity contribution in [2.75, 3.05) is 13.7 Å². The van der Waals surface area contributed by atoms with Gasteiger partial charge in [0.05, 0.1) is 26.1 Å². The minimum atomic E-state index is -0.800. The van der Waals surface area contributed by atoms with Crippen LogP contribution < -0.4 is 16.4 Å². The number of ether oxygens (including phenoxy) is 1. The Morgan fingerprint density at radius 2 is 1.61 bits per heavy atom. The van der Waals surface area contributed by atoms with Crippen molar-refractivity contribution in [3.63, 3.8) is 0 Å². The van der Waals surface area contributed by atoms with Gasteiger partial charge in [0.25, 0.3) is 0 Å². The molecule has 4 N–H and O–H groups in total. The third-order valence-corrected chi connectivity index (χ3v) is 3.07. The molecule has 0 aromatic rings. The van der Waals surface area contributed by atoms with Crippen molar-refractivity contribution >= 4 is 36.0 Å². The van der Waals surface area contributed by atoms with Crippen molar-refractivity contribution in [3.8, 4) is 0 Å². The fourth-order valence-corrected chi connectivity index (χ4v) is 1.45. The van der Waals surface area contributed by atoms with Crippen LogP contribution in [0.15, 0.2) is 0 Å². The van der Waals surface area contributed by atoms with Crippen LogP contribution in [0.1, 0.15) is 33.6 Å². The number of carbonyl (C=O) groups is 4. The maximum absolute atomic E-state index is 11.8. The first-order valence-corrected chi connectivity index (χ1v) is 7.11. The van der Waals surface area contributed by atoms with Gasteiger partial charge < -0.3 is 21.1 Å². The first-order chi connectivity index (χ1) is 10.2. The van der Waals surface area contributed by atoms with E-state index in [-0.39, 0.29) is 43.5 Å². The van der Waals surface area contributed by atoms with Crippen molar-refractivity contribution in [3.05, 3.63) is 0 Å². The van der Waals surface area contributed by atoms with Gasteiger partial charge >= 0.3 is 5.97 Å². The Hall–Kier alpha value is -1.67. The Bertz CT molecular complexity index is 429. The molecule has 0 heterocycles. The number of carbonyl (C=O) groups excluding carboxylic acids is 4. The minimum Gasteiger partial charge on any atom is -0.469 e. The van der Waals surface area contributed by atoms with Crippen molar-refractivity contribution < 1.29 is 23.9 Å². The Morgan fingerprint density at radius 1 is 1.04 bits per heavy atom. The second kappa shape index (κ2) is 11.8. The molecule has 2 atom stereocenters. The number of esters is 1. The zero-order valence-electron chi connectivity index (χ0n) is 13.9. The third kappa shape index (κ3) is 9.85. The third-order valence-electron chi connectivity index (χ3n) is 3.07. The van der Waals surface area contributed by atoms with Gasteiger partial charge in [-0.25, -0.2) is 0 Å². The van der Waals surface area contributed by atoms with E-state index >= 15 is 0 Å². The zero-order valence-corrected chi connectivity index (χ0v) is 14.7. The van der Waals surface area contributed by atoms with Crippen LogP contribution in [0, 0.1) is 5.92 Å². The number of nitrogens with two attached hydrogens (primary N) is 1. The van der Waals surface area contributed by atoms with E-state index in [1.807, 2.05) is 0 Å². The van der Waals surface area contributed by atoms with Gasteiger partial charge in [-0.05, 0) is 12.8 Å². The fourth-order valence-electron chi connectivity index (χ4n) is 1.45. The van der Waals surface area contributed by atoms with E-state index in [1.54, 1.807) is 13.8 Å². The molecule has 0 spiro atoms. The number of amides is 2. The molecule has 0 unspecified atom stereocenters. The molecule has 0 aromatic carbocycles. The Balaban J connectivity index is 0. The van der Waals surface area contributed by atoms with Gasteiger partial charge in [0.15, 0.2) is 5.78 Å². The van der Waals surface area contributed by atoms with Gasteiger partial charge in [0.1, 0.15) is 6.04 Å². The molecule has 8 nitrogen and oxygen atoms in total. The fraction of sp³-hybridized carbons (Fsp3) is 0.714. The largest absolute Gasteiger partial charge is 0.469 e. The van der Waals surface area contributed by atoms with Gasteiger partial charge in [0, 0.05) is 6.42 Å². The lowest BCUT2D eigenvalue weighted by Crippen LogP contribution is -2.52. The maximum atomic E-state index is 11.8. The number of halogens is 1. The lowest BCUT2D eigenvalue weighted by atomic mass is 10.0. The average molecular weight is 352 g/mol. The number of rotatable bonds is 9. The summed E-state index contributed by atoms with van der Waals surface area (Å²) in [4.78, 5) is 45.8. The molecular formula is C14H26ClN3O5. The SMILES string of the molecule is COC(=O)CCC(=O)CNC(=O)[C@H](C)NC(=O)[C@@H](N)C(C)C.Cl. The first-order valence-electron chi connectivity index (χ1n) is 7.11. The summed E-state index contributed by atoms with van der Waals surface area (Å²) < 4.78 is 4.41. The normalized spacial score (nSPS) is 12.6. The van der Waals surface area contributed by atoms with E-state index in [9.17, 15) is 19.2 Å². The van der Waals surface area contributed by atoms with Crippen molar-refractivity contribution in [2.24, 2.45) is 11.7 Å². The molecule has 0 aliphatic rings. The molecular weight excluding hydrogens is 326 g/mol. The predicted molar refractivity (Wildman–Crippen MR) is 86.9 cm³/mol. The number of hydrogen-bond acceptors (Lipinski definition) is 6. The molecule has 0 saturated carbocycles. The van der Waals surface area contributed by atoms with Crippen LogP contribution in [0.5, 0.6) is 0 Å². The number of methoxy groups -OCH3 is 1. The summed E-state index contributed by atoms with van der Waals surface area (Å²) in [5.74, 6) is -1.74. The number of ketones is 1. The van der Waals surface area contributed by atoms with E-state index in [0.717, 1.165) is 0 Å². The highest BCUT2D eigenvalue weighted by molar-refractivity contribution is 5.92. The Kier molecular flexibility index (Phi) is 12.1. The predicted octanol–water partition coefficient (Wildman–Crippen LogP) is -0.465. The van der Waals surface area contributed by atoms with E-state index in [0.29, 0.717) is 0 Å². The zero-order chi connectivity index (χ0) is 17.3. The lowest BCUT2D eigenvalue weighted by molar-refractivity contribution is -0.141. The lowest BCUT2D eigenvalue weighted by Gasteiger charge is -2.19. The standard InChI is InChI=1S/C14H25N3O5.ClH/c1-8(2)12(15)14(21)17-9(3)13(20)16-7-10(18)5-6-11(19)22-4;/h8-9,12H,5-7,15H2,1-4H3,(H,16,20)(H,17,21);1H/t9-,12-;/m0./s1. The summed E-state index contributed by atoms with van der Waals surface area (Å²) in [5.41, 5.74) is 5.67. The Morgan fingerprint density at radius 3 is 2.09 bits per heavy atom.